The molecular formula is C14H18FN3O. The van der Waals surface area contributed by atoms with Gasteiger partial charge >= 0.3 is 0 Å². The SMILES string of the molecule is CCCn1nc(C)c(N)c1Oc1ccc(F)cc1C. The molecule has 5 heteroatoms. The molecule has 2 rings (SSSR count). The van der Waals surface area contributed by atoms with Crippen LogP contribution in [-0.4, -0.2) is 9.78 Å². The summed E-state index contributed by atoms with van der Waals surface area (Å²) in [5, 5.41) is 4.34. The quantitative estimate of drug-likeness (QED) is 0.919. The number of aromatic nitrogens is 2. The normalized spacial score (nSPS) is 10.7. The van der Waals surface area contributed by atoms with Gasteiger partial charge in [-0.3, -0.25) is 0 Å². The van der Waals surface area contributed by atoms with Gasteiger partial charge in [0.15, 0.2) is 0 Å². The number of rotatable bonds is 4. The summed E-state index contributed by atoms with van der Waals surface area (Å²) in [6, 6.07) is 4.40. The van der Waals surface area contributed by atoms with Crippen LogP contribution in [0.2, 0.25) is 0 Å². The zero-order valence-corrected chi connectivity index (χ0v) is 11.4. The summed E-state index contributed by atoms with van der Waals surface area (Å²) in [7, 11) is 0. The number of halogens is 1. The first kappa shape index (κ1) is 13.4. The zero-order valence-electron chi connectivity index (χ0n) is 11.4. The molecule has 0 saturated heterocycles. The third-order valence-corrected chi connectivity index (χ3v) is 2.90. The molecule has 0 bridgehead atoms. The van der Waals surface area contributed by atoms with Crippen LogP contribution in [0.1, 0.15) is 24.6 Å². The number of nitrogen functional groups attached to an aromatic ring is 1. The Hall–Kier alpha value is -2.04. The summed E-state index contributed by atoms with van der Waals surface area (Å²) < 4.78 is 20.6. The minimum Gasteiger partial charge on any atom is -0.437 e. The molecule has 102 valence electrons. The van der Waals surface area contributed by atoms with Crippen molar-refractivity contribution in [2.75, 3.05) is 5.73 Å². The Balaban J connectivity index is 2.37. The number of nitrogens with two attached hydrogens (primary N) is 1. The Labute approximate surface area is 112 Å². The van der Waals surface area contributed by atoms with Crippen molar-refractivity contribution < 1.29 is 9.13 Å². The third-order valence-electron chi connectivity index (χ3n) is 2.90. The molecule has 0 unspecified atom stereocenters. The van der Waals surface area contributed by atoms with Crippen molar-refractivity contribution in [3.8, 4) is 11.6 Å². The molecule has 0 atom stereocenters. The maximum absolute atomic E-state index is 13.1. The smallest absolute Gasteiger partial charge is 0.241 e. The molecule has 1 heterocycles. The fraction of sp³-hybridized carbons (Fsp3) is 0.357. The van der Waals surface area contributed by atoms with Crippen molar-refractivity contribution in [3.05, 3.63) is 35.3 Å². The highest BCUT2D eigenvalue weighted by Gasteiger charge is 2.15. The molecule has 4 nitrogen and oxygen atoms in total. The minimum absolute atomic E-state index is 0.281. The second kappa shape index (κ2) is 5.30. The Morgan fingerprint density at radius 3 is 2.74 bits per heavy atom. The van der Waals surface area contributed by atoms with Crippen molar-refractivity contribution in [1.82, 2.24) is 9.78 Å². The van der Waals surface area contributed by atoms with Gasteiger partial charge in [-0.1, -0.05) is 6.92 Å². The molecule has 0 spiro atoms. The van der Waals surface area contributed by atoms with Gasteiger partial charge in [0.25, 0.3) is 0 Å². The number of aryl methyl sites for hydroxylation is 3. The van der Waals surface area contributed by atoms with Crippen molar-refractivity contribution in [2.45, 2.75) is 33.7 Å². The van der Waals surface area contributed by atoms with Gasteiger partial charge in [-0.25, -0.2) is 9.07 Å². The summed E-state index contributed by atoms with van der Waals surface area (Å²) in [4.78, 5) is 0. The maximum atomic E-state index is 13.1. The summed E-state index contributed by atoms with van der Waals surface area (Å²) in [6.45, 7) is 6.42. The molecule has 19 heavy (non-hydrogen) atoms. The minimum atomic E-state index is -0.281. The van der Waals surface area contributed by atoms with E-state index in [1.54, 1.807) is 17.7 Å². The molecule has 1 aromatic carbocycles. The van der Waals surface area contributed by atoms with E-state index in [-0.39, 0.29) is 5.82 Å². The van der Waals surface area contributed by atoms with Gasteiger partial charge in [0.05, 0.1) is 5.69 Å². The maximum Gasteiger partial charge on any atom is 0.241 e. The first-order valence-electron chi connectivity index (χ1n) is 6.29. The van der Waals surface area contributed by atoms with Crippen LogP contribution in [0.3, 0.4) is 0 Å². The molecule has 0 saturated carbocycles. The van der Waals surface area contributed by atoms with Gasteiger partial charge in [0.2, 0.25) is 5.88 Å². The summed E-state index contributed by atoms with van der Waals surface area (Å²) in [6.07, 6.45) is 0.930. The number of hydrogen-bond donors (Lipinski definition) is 1. The predicted octanol–water partition coefficient (Wildman–Crippen LogP) is 3.42. The van der Waals surface area contributed by atoms with E-state index < -0.39 is 0 Å². The monoisotopic (exact) mass is 263 g/mol. The lowest BCUT2D eigenvalue weighted by molar-refractivity contribution is 0.407. The summed E-state index contributed by atoms with van der Waals surface area (Å²) in [5.41, 5.74) is 7.97. The van der Waals surface area contributed by atoms with Gasteiger partial charge in [-0.05, 0) is 44.0 Å². The van der Waals surface area contributed by atoms with Crippen LogP contribution in [0.25, 0.3) is 0 Å². The van der Waals surface area contributed by atoms with E-state index >= 15 is 0 Å². The molecule has 2 aromatic rings. The van der Waals surface area contributed by atoms with Crippen molar-refractivity contribution in [2.24, 2.45) is 0 Å². The van der Waals surface area contributed by atoms with E-state index in [1.165, 1.54) is 12.1 Å². The summed E-state index contributed by atoms with van der Waals surface area (Å²) in [5.74, 6) is 0.829. The van der Waals surface area contributed by atoms with E-state index in [0.717, 1.165) is 24.2 Å². The molecule has 0 aliphatic heterocycles. The van der Waals surface area contributed by atoms with Crippen LogP contribution in [0.15, 0.2) is 18.2 Å². The van der Waals surface area contributed by atoms with Crippen molar-refractivity contribution in [1.29, 1.82) is 0 Å². The van der Waals surface area contributed by atoms with E-state index in [4.69, 9.17) is 10.5 Å². The Kier molecular flexibility index (Phi) is 3.74. The van der Waals surface area contributed by atoms with Crippen molar-refractivity contribution in [3.63, 3.8) is 0 Å². The molecule has 0 radical (unpaired) electrons. The van der Waals surface area contributed by atoms with Crippen molar-refractivity contribution >= 4 is 5.69 Å². The number of anilines is 1. The fourth-order valence-electron chi connectivity index (χ4n) is 1.88. The highest BCUT2D eigenvalue weighted by molar-refractivity contribution is 5.54. The molecular weight excluding hydrogens is 245 g/mol. The van der Waals surface area contributed by atoms with Gasteiger partial charge in [0, 0.05) is 6.54 Å². The molecule has 2 N–H and O–H groups in total. The summed E-state index contributed by atoms with van der Waals surface area (Å²) >= 11 is 0. The Morgan fingerprint density at radius 2 is 2.11 bits per heavy atom. The first-order valence-corrected chi connectivity index (χ1v) is 6.29. The average Bonchev–Trinajstić information content (AvgIpc) is 2.61. The predicted molar refractivity (Wildman–Crippen MR) is 72.9 cm³/mol. The van der Waals surface area contributed by atoms with Crippen LogP contribution in [-0.2, 0) is 6.54 Å². The average molecular weight is 263 g/mol. The molecule has 0 amide bonds. The number of hydrogen-bond acceptors (Lipinski definition) is 3. The zero-order chi connectivity index (χ0) is 14.0. The molecule has 0 aliphatic carbocycles. The van der Waals surface area contributed by atoms with E-state index in [1.807, 2.05) is 6.92 Å². The van der Waals surface area contributed by atoms with Crippen LogP contribution in [0, 0.1) is 19.7 Å². The number of benzene rings is 1. The lowest BCUT2D eigenvalue weighted by Gasteiger charge is -2.11. The lowest BCUT2D eigenvalue weighted by Crippen LogP contribution is -2.03. The highest BCUT2D eigenvalue weighted by Crippen LogP contribution is 2.32. The molecule has 0 aliphatic rings. The van der Waals surface area contributed by atoms with Gasteiger partial charge in [-0.2, -0.15) is 5.10 Å². The second-order valence-electron chi connectivity index (χ2n) is 4.54. The standard InChI is InChI=1S/C14H18FN3O/c1-4-7-18-14(13(16)10(3)17-18)19-12-6-5-11(15)8-9(12)2/h5-6,8H,4,7,16H2,1-3H3. The largest absolute Gasteiger partial charge is 0.437 e. The molecule has 0 fully saturated rings. The van der Waals surface area contributed by atoms with E-state index in [9.17, 15) is 4.39 Å². The first-order chi connectivity index (χ1) is 9.02. The Bertz CT molecular complexity index is 593. The fourth-order valence-corrected chi connectivity index (χ4v) is 1.88. The second-order valence-corrected chi connectivity index (χ2v) is 4.54. The van der Waals surface area contributed by atoms with Gasteiger partial charge in [-0.15, -0.1) is 0 Å². The van der Waals surface area contributed by atoms with Gasteiger partial charge in [0.1, 0.15) is 17.3 Å². The number of nitrogens with zero attached hydrogens (tertiary/aromatic N) is 2. The van der Waals surface area contributed by atoms with Gasteiger partial charge < -0.3 is 10.5 Å². The topological polar surface area (TPSA) is 53.1 Å². The molecule has 1 aromatic heterocycles. The van der Waals surface area contributed by atoms with E-state index in [0.29, 0.717) is 17.3 Å². The van der Waals surface area contributed by atoms with E-state index in [2.05, 4.69) is 12.0 Å². The van der Waals surface area contributed by atoms with Crippen LogP contribution in [0.4, 0.5) is 10.1 Å². The van der Waals surface area contributed by atoms with Crippen LogP contribution < -0.4 is 10.5 Å². The number of ether oxygens (including phenoxy) is 1. The Morgan fingerprint density at radius 1 is 1.37 bits per heavy atom. The lowest BCUT2D eigenvalue weighted by atomic mass is 10.2. The highest BCUT2D eigenvalue weighted by atomic mass is 19.1. The van der Waals surface area contributed by atoms with Crippen LogP contribution >= 0.6 is 0 Å². The third kappa shape index (κ3) is 2.70. The van der Waals surface area contributed by atoms with Crippen LogP contribution in [0.5, 0.6) is 11.6 Å².